The summed E-state index contributed by atoms with van der Waals surface area (Å²) in [5.41, 5.74) is 0. The molecule has 2 fully saturated rings. The first kappa shape index (κ1) is 18.0. The third-order valence-electron chi connectivity index (χ3n) is 5.67. The fourth-order valence-corrected chi connectivity index (χ4v) is 3.82. The van der Waals surface area contributed by atoms with Crippen LogP contribution in [0.25, 0.3) is 0 Å². The summed E-state index contributed by atoms with van der Waals surface area (Å²) in [5, 5.41) is 0. The van der Waals surface area contributed by atoms with Crippen molar-refractivity contribution in [3.63, 3.8) is 0 Å². The predicted octanol–water partition coefficient (Wildman–Crippen LogP) is 3.08. The van der Waals surface area contributed by atoms with Crippen LogP contribution in [0.2, 0.25) is 0 Å². The number of likely N-dealkylation sites (N-methyl/N-ethyl adjacent to an activating group) is 1. The molecular formula is C19H37N3. The predicted molar refractivity (Wildman–Crippen MR) is 96.4 cm³/mol. The summed E-state index contributed by atoms with van der Waals surface area (Å²) < 4.78 is 0. The maximum absolute atomic E-state index is 2.71. The van der Waals surface area contributed by atoms with Gasteiger partial charge >= 0.3 is 0 Å². The van der Waals surface area contributed by atoms with Gasteiger partial charge in [-0.2, -0.15) is 0 Å². The van der Waals surface area contributed by atoms with Crippen LogP contribution < -0.4 is 0 Å². The second kappa shape index (κ2) is 9.69. The number of hydrogen-bond acceptors (Lipinski definition) is 3. The Hall–Kier alpha value is -0.380. The minimum atomic E-state index is 0.793. The molecule has 0 aliphatic carbocycles. The van der Waals surface area contributed by atoms with E-state index in [9.17, 15) is 0 Å². The molecule has 0 aromatic carbocycles. The van der Waals surface area contributed by atoms with E-state index in [4.69, 9.17) is 0 Å². The lowest BCUT2D eigenvalue weighted by Gasteiger charge is -2.37. The third kappa shape index (κ3) is 6.02. The van der Waals surface area contributed by atoms with Crippen LogP contribution in [0.5, 0.6) is 0 Å². The molecule has 2 heterocycles. The van der Waals surface area contributed by atoms with Crippen molar-refractivity contribution in [3.8, 4) is 0 Å². The Labute approximate surface area is 138 Å². The van der Waals surface area contributed by atoms with Crippen molar-refractivity contribution in [2.24, 2.45) is 5.92 Å². The lowest BCUT2D eigenvalue weighted by Crippen LogP contribution is -2.48. The molecule has 0 bridgehead atoms. The monoisotopic (exact) mass is 307 g/mol. The van der Waals surface area contributed by atoms with Crippen molar-refractivity contribution >= 4 is 0 Å². The van der Waals surface area contributed by atoms with E-state index in [-0.39, 0.29) is 0 Å². The molecule has 3 nitrogen and oxygen atoms in total. The zero-order valence-electron chi connectivity index (χ0n) is 15.1. The van der Waals surface area contributed by atoms with E-state index < -0.39 is 0 Å². The summed E-state index contributed by atoms with van der Waals surface area (Å²) >= 11 is 0. The number of piperazine rings is 1. The molecule has 0 N–H and O–H groups in total. The molecule has 1 unspecified atom stereocenters. The van der Waals surface area contributed by atoms with Crippen molar-refractivity contribution in [1.82, 2.24) is 14.7 Å². The van der Waals surface area contributed by atoms with Crippen molar-refractivity contribution in [2.45, 2.75) is 51.5 Å². The molecule has 128 valence electrons. The van der Waals surface area contributed by atoms with Crippen molar-refractivity contribution in [1.29, 1.82) is 0 Å². The van der Waals surface area contributed by atoms with Gasteiger partial charge in [0, 0.05) is 32.2 Å². The van der Waals surface area contributed by atoms with Crippen LogP contribution in [0, 0.1) is 5.92 Å². The zero-order chi connectivity index (χ0) is 15.8. The molecule has 0 radical (unpaired) electrons. The van der Waals surface area contributed by atoms with E-state index in [1.807, 2.05) is 0 Å². The first-order valence-corrected chi connectivity index (χ1v) is 9.45. The molecule has 1 atom stereocenters. The van der Waals surface area contributed by atoms with Gasteiger partial charge in [0.1, 0.15) is 0 Å². The van der Waals surface area contributed by atoms with Crippen molar-refractivity contribution in [3.05, 3.63) is 12.2 Å². The maximum Gasteiger partial charge on any atom is 0.0113 e. The van der Waals surface area contributed by atoms with Crippen LogP contribution in [-0.2, 0) is 0 Å². The maximum atomic E-state index is 2.71. The molecule has 3 heteroatoms. The summed E-state index contributed by atoms with van der Waals surface area (Å²) in [6, 6.07) is 0.793. The number of rotatable bonds is 7. The largest absolute Gasteiger partial charge is 0.306 e. The van der Waals surface area contributed by atoms with E-state index in [1.165, 1.54) is 77.8 Å². The molecule has 0 aromatic heterocycles. The summed E-state index contributed by atoms with van der Waals surface area (Å²) in [7, 11) is 4.49. The van der Waals surface area contributed by atoms with Gasteiger partial charge in [0.05, 0.1) is 0 Å². The fourth-order valence-electron chi connectivity index (χ4n) is 3.82. The quantitative estimate of drug-likeness (QED) is 0.669. The molecular weight excluding hydrogens is 270 g/mol. The van der Waals surface area contributed by atoms with Gasteiger partial charge in [-0.15, -0.1) is 0 Å². The highest BCUT2D eigenvalue weighted by molar-refractivity contribution is 4.87. The normalized spacial score (nSPS) is 25.0. The lowest BCUT2D eigenvalue weighted by molar-refractivity contribution is 0.105. The van der Waals surface area contributed by atoms with Crippen molar-refractivity contribution < 1.29 is 0 Å². The van der Waals surface area contributed by atoms with Gasteiger partial charge in [-0.3, -0.25) is 4.90 Å². The van der Waals surface area contributed by atoms with Gasteiger partial charge in [0.15, 0.2) is 0 Å². The minimum absolute atomic E-state index is 0.793. The summed E-state index contributed by atoms with van der Waals surface area (Å²) in [4.78, 5) is 7.62. The molecule has 22 heavy (non-hydrogen) atoms. The standard InChI is InChI=1S/C19H37N3/c1-4-19(22-16-14-21(3)15-17-22)9-7-5-6-8-18-10-12-20(2)13-11-18/h5-6,18-19H,4,7-17H2,1-3H3/b6-5+. The highest BCUT2D eigenvalue weighted by Gasteiger charge is 2.20. The van der Waals surface area contributed by atoms with Gasteiger partial charge in [-0.25, -0.2) is 0 Å². The Balaban J connectivity index is 1.60. The smallest absolute Gasteiger partial charge is 0.0113 e. The number of likely N-dealkylation sites (tertiary alicyclic amines) is 1. The van der Waals surface area contributed by atoms with Crippen LogP contribution in [0.4, 0.5) is 0 Å². The second-order valence-electron chi connectivity index (χ2n) is 7.43. The van der Waals surface area contributed by atoms with E-state index in [0.717, 1.165) is 12.0 Å². The highest BCUT2D eigenvalue weighted by Crippen LogP contribution is 2.20. The van der Waals surface area contributed by atoms with Crippen LogP contribution in [0.1, 0.15) is 45.4 Å². The van der Waals surface area contributed by atoms with Gasteiger partial charge in [-0.1, -0.05) is 19.1 Å². The topological polar surface area (TPSA) is 9.72 Å². The molecule has 2 aliphatic heterocycles. The van der Waals surface area contributed by atoms with Crippen LogP contribution in [0.3, 0.4) is 0 Å². The second-order valence-corrected chi connectivity index (χ2v) is 7.43. The summed E-state index contributed by atoms with van der Waals surface area (Å²) in [6.45, 7) is 9.93. The van der Waals surface area contributed by atoms with E-state index in [2.05, 4.69) is 47.9 Å². The fraction of sp³-hybridized carbons (Fsp3) is 0.895. The lowest BCUT2D eigenvalue weighted by atomic mass is 9.93. The third-order valence-corrected chi connectivity index (χ3v) is 5.67. The van der Waals surface area contributed by atoms with Gasteiger partial charge in [-0.05, 0) is 71.6 Å². The number of piperidine rings is 1. The Kier molecular flexibility index (Phi) is 7.91. The van der Waals surface area contributed by atoms with Crippen LogP contribution >= 0.6 is 0 Å². The SMILES string of the molecule is CCC(CC/C=C/CC1CCN(C)CC1)N1CCN(C)CC1. The van der Waals surface area contributed by atoms with Gasteiger partial charge in [0.25, 0.3) is 0 Å². The molecule has 2 aliphatic rings. The Morgan fingerprint density at radius 1 is 0.909 bits per heavy atom. The summed E-state index contributed by atoms with van der Waals surface area (Å²) in [5.74, 6) is 0.937. The Morgan fingerprint density at radius 3 is 2.18 bits per heavy atom. The molecule has 0 aromatic rings. The average Bonchev–Trinajstić information content (AvgIpc) is 2.54. The molecule has 2 rings (SSSR count). The molecule has 0 amide bonds. The van der Waals surface area contributed by atoms with Gasteiger partial charge in [0.2, 0.25) is 0 Å². The first-order valence-electron chi connectivity index (χ1n) is 9.45. The Bertz CT molecular complexity index is 313. The molecule has 2 saturated heterocycles. The number of allylic oxidation sites excluding steroid dienone is 2. The van der Waals surface area contributed by atoms with Crippen molar-refractivity contribution in [2.75, 3.05) is 53.4 Å². The van der Waals surface area contributed by atoms with Crippen LogP contribution in [-0.4, -0.2) is 74.1 Å². The van der Waals surface area contributed by atoms with E-state index in [0.29, 0.717) is 0 Å². The van der Waals surface area contributed by atoms with E-state index in [1.54, 1.807) is 0 Å². The zero-order valence-corrected chi connectivity index (χ0v) is 15.1. The number of hydrogen-bond donors (Lipinski definition) is 0. The molecule has 0 saturated carbocycles. The Morgan fingerprint density at radius 2 is 1.55 bits per heavy atom. The highest BCUT2D eigenvalue weighted by atomic mass is 15.3. The molecule has 0 spiro atoms. The van der Waals surface area contributed by atoms with Gasteiger partial charge < -0.3 is 9.80 Å². The van der Waals surface area contributed by atoms with E-state index >= 15 is 0 Å². The summed E-state index contributed by atoms with van der Waals surface area (Å²) in [6.07, 6.45) is 12.9. The van der Waals surface area contributed by atoms with Crippen LogP contribution in [0.15, 0.2) is 12.2 Å². The average molecular weight is 308 g/mol. The first-order chi connectivity index (χ1) is 10.7. The number of nitrogens with zero attached hydrogens (tertiary/aromatic N) is 3. The minimum Gasteiger partial charge on any atom is -0.306 e.